The summed E-state index contributed by atoms with van der Waals surface area (Å²) in [6.07, 6.45) is 0. The number of hydrogen-bond donors (Lipinski definition) is 0. The van der Waals surface area contributed by atoms with Crippen LogP contribution in [0.1, 0.15) is 11.1 Å². The average Bonchev–Trinajstić information content (AvgIpc) is 2.16. The lowest BCUT2D eigenvalue weighted by Crippen LogP contribution is -1.84. The summed E-state index contributed by atoms with van der Waals surface area (Å²) in [6.45, 7) is 1.95. The van der Waals surface area contributed by atoms with Gasteiger partial charge in [0, 0.05) is 0 Å². The van der Waals surface area contributed by atoms with E-state index in [9.17, 15) is 4.39 Å². The lowest BCUT2D eigenvalue weighted by Gasteiger charge is -2.00. The van der Waals surface area contributed by atoms with E-state index in [0.717, 1.165) is 16.3 Å². The third kappa shape index (κ3) is 1.33. The largest absolute Gasteiger partial charge is 0.206 e. The fourth-order valence-corrected chi connectivity index (χ4v) is 1.48. The molecule has 0 N–H and O–H groups in total. The van der Waals surface area contributed by atoms with Crippen LogP contribution in [0.2, 0.25) is 0 Å². The standard InChI is InChI=1S/C12H8FN/c1-8-2-3-9-5-11(7-14)12(13)6-10(9)4-8/h2-6H,1H3. The van der Waals surface area contributed by atoms with Crippen molar-refractivity contribution in [2.45, 2.75) is 6.92 Å². The lowest BCUT2D eigenvalue weighted by atomic mass is 10.0. The molecule has 0 unspecified atom stereocenters. The molecule has 0 aromatic heterocycles. The van der Waals surface area contributed by atoms with Crippen molar-refractivity contribution >= 4 is 10.8 Å². The Kier molecular flexibility index (Phi) is 1.94. The van der Waals surface area contributed by atoms with Gasteiger partial charge in [-0.1, -0.05) is 23.8 Å². The first-order valence-electron chi connectivity index (χ1n) is 4.31. The topological polar surface area (TPSA) is 23.8 Å². The molecule has 0 saturated heterocycles. The van der Waals surface area contributed by atoms with Crippen LogP contribution in [0.3, 0.4) is 0 Å². The normalized spacial score (nSPS) is 10.1. The summed E-state index contributed by atoms with van der Waals surface area (Å²) in [5, 5.41) is 10.4. The molecule has 2 aromatic carbocycles. The zero-order valence-electron chi connectivity index (χ0n) is 7.71. The van der Waals surface area contributed by atoms with E-state index in [-0.39, 0.29) is 5.56 Å². The molecule has 0 radical (unpaired) electrons. The van der Waals surface area contributed by atoms with Crippen LogP contribution in [0.25, 0.3) is 10.8 Å². The fourth-order valence-electron chi connectivity index (χ4n) is 1.48. The predicted molar refractivity (Wildman–Crippen MR) is 53.4 cm³/mol. The minimum absolute atomic E-state index is 0.0985. The first-order valence-corrected chi connectivity index (χ1v) is 4.31. The molecule has 0 atom stereocenters. The van der Waals surface area contributed by atoms with Crippen molar-refractivity contribution in [2.24, 2.45) is 0 Å². The van der Waals surface area contributed by atoms with Crippen molar-refractivity contribution in [2.75, 3.05) is 0 Å². The fraction of sp³-hybridized carbons (Fsp3) is 0.0833. The zero-order chi connectivity index (χ0) is 10.1. The summed E-state index contributed by atoms with van der Waals surface area (Å²) in [6, 6.07) is 10.5. The van der Waals surface area contributed by atoms with Gasteiger partial charge in [0.1, 0.15) is 11.9 Å². The second-order valence-corrected chi connectivity index (χ2v) is 3.29. The van der Waals surface area contributed by atoms with E-state index in [1.807, 2.05) is 31.2 Å². The van der Waals surface area contributed by atoms with Gasteiger partial charge in [-0.3, -0.25) is 0 Å². The van der Waals surface area contributed by atoms with E-state index >= 15 is 0 Å². The third-order valence-corrected chi connectivity index (χ3v) is 2.20. The van der Waals surface area contributed by atoms with Gasteiger partial charge in [-0.2, -0.15) is 5.26 Å². The van der Waals surface area contributed by atoms with Crippen LogP contribution in [0, 0.1) is 24.1 Å². The van der Waals surface area contributed by atoms with Crippen LogP contribution >= 0.6 is 0 Å². The van der Waals surface area contributed by atoms with Crippen molar-refractivity contribution in [1.82, 2.24) is 0 Å². The molecule has 0 fully saturated rings. The van der Waals surface area contributed by atoms with Gasteiger partial charge in [0.15, 0.2) is 0 Å². The molecule has 1 nitrogen and oxygen atoms in total. The Balaban J connectivity index is 2.81. The van der Waals surface area contributed by atoms with Crippen molar-refractivity contribution in [3.05, 3.63) is 47.3 Å². The van der Waals surface area contributed by atoms with Crippen molar-refractivity contribution in [3.63, 3.8) is 0 Å². The van der Waals surface area contributed by atoms with E-state index in [1.165, 1.54) is 6.07 Å². The highest BCUT2D eigenvalue weighted by atomic mass is 19.1. The Labute approximate surface area is 81.4 Å². The number of aryl methyl sites for hydroxylation is 1. The molecule has 68 valence electrons. The Morgan fingerprint density at radius 1 is 1.14 bits per heavy atom. The van der Waals surface area contributed by atoms with E-state index in [1.54, 1.807) is 6.07 Å². The molecule has 0 bridgehead atoms. The van der Waals surface area contributed by atoms with Gasteiger partial charge < -0.3 is 0 Å². The van der Waals surface area contributed by atoms with Crippen LogP contribution in [0.4, 0.5) is 4.39 Å². The second kappa shape index (κ2) is 3.12. The molecule has 14 heavy (non-hydrogen) atoms. The van der Waals surface area contributed by atoms with Crippen LogP contribution in [0.15, 0.2) is 30.3 Å². The molecule has 2 aromatic rings. The maximum atomic E-state index is 13.2. The molecule has 2 rings (SSSR count). The van der Waals surface area contributed by atoms with Crippen molar-refractivity contribution < 1.29 is 4.39 Å². The molecular weight excluding hydrogens is 177 g/mol. The minimum Gasteiger partial charge on any atom is -0.206 e. The number of nitrogens with zero attached hydrogens (tertiary/aromatic N) is 1. The summed E-state index contributed by atoms with van der Waals surface area (Å²) in [5.41, 5.74) is 1.18. The van der Waals surface area contributed by atoms with E-state index < -0.39 is 5.82 Å². The molecule has 0 aliphatic rings. The molecule has 0 aliphatic heterocycles. The van der Waals surface area contributed by atoms with E-state index in [4.69, 9.17) is 5.26 Å². The number of hydrogen-bond acceptors (Lipinski definition) is 1. The van der Waals surface area contributed by atoms with Crippen LogP contribution < -0.4 is 0 Å². The highest BCUT2D eigenvalue weighted by Crippen LogP contribution is 2.19. The Morgan fingerprint density at radius 3 is 2.64 bits per heavy atom. The molecule has 0 saturated carbocycles. The van der Waals surface area contributed by atoms with Gasteiger partial charge in [0.05, 0.1) is 5.56 Å². The van der Waals surface area contributed by atoms with Crippen molar-refractivity contribution in [1.29, 1.82) is 5.26 Å². The molecule has 0 amide bonds. The summed E-state index contributed by atoms with van der Waals surface area (Å²) in [4.78, 5) is 0. The lowest BCUT2D eigenvalue weighted by molar-refractivity contribution is 0.626. The van der Waals surface area contributed by atoms with E-state index in [0.29, 0.717) is 0 Å². The molecule has 0 aliphatic carbocycles. The van der Waals surface area contributed by atoms with E-state index in [2.05, 4.69) is 0 Å². The Hall–Kier alpha value is -1.88. The van der Waals surface area contributed by atoms with Gasteiger partial charge >= 0.3 is 0 Å². The van der Waals surface area contributed by atoms with Crippen LogP contribution in [-0.4, -0.2) is 0 Å². The Bertz CT molecular complexity index is 538. The molecule has 0 heterocycles. The quantitative estimate of drug-likeness (QED) is 0.618. The first kappa shape index (κ1) is 8.71. The highest BCUT2D eigenvalue weighted by molar-refractivity contribution is 5.84. The van der Waals surface area contributed by atoms with Gasteiger partial charge in [0.2, 0.25) is 0 Å². The molecule has 0 spiro atoms. The summed E-state index contributed by atoms with van der Waals surface area (Å²) in [5.74, 6) is -0.453. The maximum Gasteiger partial charge on any atom is 0.141 e. The van der Waals surface area contributed by atoms with Crippen LogP contribution in [0.5, 0.6) is 0 Å². The molecular formula is C12H8FN. The second-order valence-electron chi connectivity index (χ2n) is 3.29. The van der Waals surface area contributed by atoms with Gasteiger partial charge in [-0.15, -0.1) is 0 Å². The van der Waals surface area contributed by atoms with Gasteiger partial charge in [0.25, 0.3) is 0 Å². The number of halogens is 1. The summed E-state index contributed by atoms with van der Waals surface area (Å²) >= 11 is 0. The predicted octanol–water partition coefficient (Wildman–Crippen LogP) is 3.16. The Morgan fingerprint density at radius 2 is 1.93 bits per heavy atom. The molecule has 2 heteroatoms. The minimum atomic E-state index is -0.453. The number of benzene rings is 2. The van der Waals surface area contributed by atoms with Crippen molar-refractivity contribution in [3.8, 4) is 6.07 Å². The third-order valence-electron chi connectivity index (χ3n) is 2.20. The average molecular weight is 185 g/mol. The van der Waals surface area contributed by atoms with Gasteiger partial charge in [-0.05, 0) is 29.8 Å². The monoisotopic (exact) mass is 185 g/mol. The van der Waals surface area contributed by atoms with Gasteiger partial charge in [-0.25, -0.2) is 4.39 Å². The maximum absolute atomic E-state index is 13.2. The number of rotatable bonds is 0. The number of fused-ring (bicyclic) bond motifs is 1. The zero-order valence-corrected chi connectivity index (χ0v) is 7.71. The summed E-state index contributed by atoms with van der Waals surface area (Å²) < 4.78 is 13.2. The first-order chi connectivity index (χ1) is 6.70. The summed E-state index contributed by atoms with van der Waals surface area (Å²) in [7, 11) is 0. The SMILES string of the molecule is Cc1ccc2cc(C#N)c(F)cc2c1. The highest BCUT2D eigenvalue weighted by Gasteiger charge is 2.03. The van der Waals surface area contributed by atoms with Crippen LogP contribution in [-0.2, 0) is 0 Å². The number of nitriles is 1. The smallest absolute Gasteiger partial charge is 0.141 e.